The van der Waals surface area contributed by atoms with Gasteiger partial charge in [0.2, 0.25) is 5.88 Å². The van der Waals surface area contributed by atoms with Crippen molar-refractivity contribution in [3.63, 3.8) is 0 Å². The highest BCUT2D eigenvalue weighted by atomic mass is 35.5. The zero-order valence-electron chi connectivity index (χ0n) is 9.26. The molecule has 6 heteroatoms. The second kappa shape index (κ2) is 4.93. The lowest BCUT2D eigenvalue weighted by molar-refractivity contribution is 0.0997. The Bertz CT molecular complexity index is 602. The van der Waals surface area contributed by atoms with Crippen LogP contribution in [0.1, 0.15) is 10.4 Å². The van der Waals surface area contributed by atoms with Crippen molar-refractivity contribution in [3.8, 4) is 11.6 Å². The molecule has 0 aliphatic rings. The van der Waals surface area contributed by atoms with Gasteiger partial charge in [-0.25, -0.2) is 4.98 Å². The molecule has 0 atom stereocenters. The first-order valence-electron chi connectivity index (χ1n) is 5.05. The number of hydrogen-bond acceptors (Lipinski definition) is 4. The Morgan fingerprint density at radius 1 is 1.33 bits per heavy atom. The lowest BCUT2D eigenvalue weighted by atomic mass is 10.2. The summed E-state index contributed by atoms with van der Waals surface area (Å²) in [5.41, 5.74) is 11.5. The lowest BCUT2D eigenvalue weighted by Gasteiger charge is -2.09. The lowest BCUT2D eigenvalue weighted by Crippen LogP contribution is -2.12. The predicted molar refractivity (Wildman–Crippen MR) is 68.7 cm³/mol. The number of halogens is 1. The number of nitrogen functional groups attached to an aromatic ring is 1. The fraction of sp³-hybridized carbons (Fsp3) is 0. The Morgan fingerprint density at radius 2 is 2.11 bits per heavy atom. The summed E-state index contributed by atoms with van der Waals surface area (Å²) in [4.78, 5) is 15.2. The Kier molecular flexibility index (Phi) is 3.34. The SMILES string of the molecule is NC(=O)c1cccnc1Oc1cc(Cl)ccc1N. The van der Waals surface area contributed by atoms with Crippen LogP contribution in [0.15, 0.2) is 36.5 Å². The molecule has 92 valence electrons. The molecular formula is C12H10ClN3O2. The van der Waals surface area contributed by atoms with E-state index in [-0.39, 0.29) is 11.4 Å². The Morgan fingerprint density at radius 3 is 2.83 bits per heavy atom. The number of benzene rings is 1. The van der Waals surface area contributed by atoms with Crippen molar-refractivity contribution in [1.82, 2.24) is 4.98 Å². The molecule has 0 saturated carbocycles. The van der Waals surface area contributed by atoms with E-state index in [2.05, 4.69) is 4.98 Å². The maximum atomic E-state index is 11.2. The van der Waals surface area contributed by atoms with Crippen LogP contribution in [-0.2, 0) is 0 Å². The molecule has 1 heterocycles. The van der Waals surface area contributed by atoms with Crippen LogP contribution in [0, 0.1) is 0 Å². The number of carbonyl (C=O) groups is 1. The molecule has 5 nitrogen and oxygen atoms in total. The third-order valence-corrected chi connectivity index (χ3v) is 2.45. The predicted octanol–water partition coefficient (Wildman–Crippen LogP) is 2.21. The zero-order valence-corrected chi connectivity index (χ0v) is 10.0. The van der Waals surface area contributed by atoms with E-state index < -0.39 is 5.91 Å². The van der Waals surface area contributed by atoms with Crippen molar-refractivity contribution in [2.45, 2.75) is 0 Å². The first kappa shape index (κ1) is 12.2. The average molecular weight is 264 g/mol. The van der Waals surface area contributed by atoms with E-state index in [9.17, 15) is 4.79 Å². The molecule has 18 heavy (non-hydrogen) atoms. The maximum absolute atomic E-state index is 11.2. The Balaban J connectivity index is 2.40. The van der Waals surface area contributed by atoms with Gasteiger partial charge < -0.3 is 16.2 Å². The first-order chi connectivity index (χ1) is 8.58. The fourth-order valence-electron chi connectivity index (χ4n) is 1.36. The van der Waals surface area contributed by atoms with Crippen LogP contribution >= 0.6 is 11.6 Å². The van der Waals surface area contributed by atoms with Crippen molar-refractivity contribution < 1.29 is 9.53 Å². The number of primary amides is 1. The molecule has 0 unspecified atom stereocenters. The summed E-state index contributed by atoms with van der Waals surface area (Å²) in [6.07, 6.45) is 1.49. The van der Waals surface area contributed by atoms with Gasteiger partial charge in [0.05, 0.1) is 5.69 Å². The topological polar surface area (TPSA) is 91.2 Å². The molecule has 0 radical (unpaired) electrons. The summed E-state index contributed by atoms with van der Waals surface area (Å²) in [5.74, 6) is -0.207. The summed E-state index contributed by atoms with van der Waals surface area (Å²) in [7, 11) is 0. The summed E-state index contributed by atoms with van der Waals surface area (Å²) >= 11 is 5.84. The van der Waals surface area contributed by atoms with Gasteiger partial charge in [-0.05, 0) is 24.3 Å². The van der Waals surface area contributed by atoms with E-state index in [4.69, 9.17) is 27.8 Å². The zero-order chi connectivity index (χ0) is 13.1. The number of nitrogens with two attached hydrogens (primary N) is 2. The number of hydrogen-bond donors (Lipinski definition) is 2. The summed E-state index contributed by atoms with van der Waals surface area (Å²) in [6, 6.07) is 7.89. The minimum absolute atomic E-state index is 0.0963. The van der Waals surface area contributed by atoms with Crippen LogP contribution in [0.2, 0.25) is 5.02 Å². The Labute approximate surface area is 108 Å². The van der Waals surface area contributed by atoms with Crippen molar-refractivity contribution in [2.24, 2.45) is 5.73 Å². The summed E-state index contributed by atoms with van der Waals surface area (Å²) < 4.78 is 5.46. The molecule has 1 aromatic heterocycles. The van der Waals surface area contributed by atoms with Crippen LogP contribution in [0.5, 0.6) is 11.6 Å². The van der Waals surface area contributed by atoms with Crippen LogP contribution in [0.4, 0.5) is 5.69 Å². The molecule has 0 aliphatic heterocycles. The molecule has 0 saturated heterocycles. The number of ether oxygens (including phenoxy) is 1. The highest BCUT2D eigenvalue weighted by Crippen LogP contribution is 2.30. The van der Waals surface area contributed by atoms with Gasteiger partial charge in [-0.3, -0.25) is 4.79 Å². The van der Waals surface area contributed by atoms with Crippen molar-refractivity contribution in [3.05, 3.63) is 47.1 Å². The molecule has 2 rings (SSSR count). The molecule has 0 bridgehead atoms. The van der Waals surface area contributed by atoms with E-state index in [0.29, 0.717) is 16.5 Å². The number of carbonyl (C=O) groups excluding carboxylic acids is 1. The maximum Gasteiger partial charge on any atom is 0.254 e. The summed E-state index contributed by atoms with van der Waals surface area (Å²) in [5, 5.41) is 0.468. The van der Waals surface area contributed by atoms with E-state index in [1.165, 1.54) is 18.3 Å². The number of aromatic nitrogens is 1. The van der Waals surface area contributed by atoms with E-state index in [1.54, 1.807) is 18.2 Å². The highest BCUT2D eigenvalue weighted by Gasteiger charge is 2.12. The molecule has 0 spiro atoms. The molecule has 0 aliphatic carbocycles. The monoisotopic (exact) mass is 263 g/mol. The van der Waals surface area contributed by atoms with Gasteiger partial charge in [-0.2, -0.15) is 0 Å². The van der Waals surface area contributed by atoms with E-state index in [0.717, 1.165) is 0 Å². The smallest absolute Gasteiger partial charge is 0.254 e. The standard InChI is InChI=1S/C12H10ClN3O2/c13-7-3-4-9(14)10(6-7)18-12-8(11(15)17)2-1-5-16-12/h1-6H,14H2,(H2,15,17). The molecule has 1 amide bonds. The van der Waals surface area contributed by atoms with Gasteiger partial charge in [-0.1, -0.05) is 11.6 Å². The number of rotatable bonds is 3. The third-order valence-electron chi connectivity index (χ3n) is 2.22. The van der Waals surface area contributed by atoms with E-state index in [1.807, 2.05) is 0 Å². The summed E-state index contributed by atoms with van der Waals surface area (Å²) in [6.45, 7) is 0. The third kappa shape index (κ3) is 2.52. The van der Waals surface area contributed by atoms with Crippen LogP contribution in [0.3, 0.4) is 0 Å². The largest absolute Gasteiger partial charge is 0.436 e. The second-order valence-electron chi connectivity index (χ2n) is 3.50. The molecule has 0 fully saturated rings. The number of anilines is 1. The average Bonchev–Trinajstić information content (AvgIpc) is 2.34. The van der Waals surface area contributed by atoms with Gasteiger partial charge in [0.25, 0.3) is 5.91 Å². The van der Waals surface area contributed by atoms with Gasteiger partial charge in [0.1, 0.15) is 5.56 Å². The van der Waals surface area contributed by atoms with Crippen LogP contribution in [-0.4, -0.2) is 10.9 Å². The minimum Gasteiger partial charge on any atom is -0.436 e. The normalized spacial score (nSPS) is 10.1. The van der Waals surface area contributed by atoms with E-state index >= 15 is 0 Å². The van der Waals surface area contributed by atoms with Gasteiger partial charge in [0, 0.05) is 17.3 Å². The van der Waals surface area contributed by atoms with Gasteiger partial charge in [0.15, 0.2) is 5.75 Å². The van der Waals surface area contributed by atoms with Crippen molar-refractivity contribution >= 4 is 23.2 Å². The minimum atomic E-state index is -0.626. The molecule has 4 N–H and O–H groups in total. The van der Waals surface area contributed by atoms with Crippen LogP contribution < -0.4 is 16.2 Å². The highest BCUT2D eigenvalue weighted by molar-refractivity contribution is 6.30. The second-order valence-corrected chi connectivity index (χ2v) is 3.94. The fourth-order valence-corrected chi connectivity index (χ4v) is 1.52. The van der Waals surface area contributed by atoms with Crippen molar-refractivity contribution in [1.29, 1.82) is 0 Å². The Hall–Kier alpha value is -2.27. The van der Waals surface area contributed by atoms with Gasteiger partial charge in [-0.15, -0.1) is 0 Å². The number of pyridine rings is 1. The molecule has 1 aromatic carbocycles. The first-order valence-corrected chi connectivity index (χ1v) is 5.43. The number of amides is 1. The van der Waals surface area contributed by atoms with Gasteiger partial charge >= 0.3 is 0 Å². The number of nitrogens with zero attached hydrogens (tertiary/aromatic N) is 1. The van der Waals surface area contributed by atoms with Crippen LogP contribution in [0.25, 0.3) is 0 Å². The quantitative estimate of drug-likeness (QED) is 0.831. The molecular weight excluding hydrogens is 254 g/mol. The van der Waals surface area contributed by atoms with Crippen molar-refractivity contribution in [2.75, 3.05) is 5.73 Å². The molecule has 2 aromatic rings.